The summed E-state index contributed by atoms with van der Waals surface area (Å²) in [7, 11) is 0. The first kappa shape index (κ1) is 18.1. The van der Waals surface area contributed by atoms with Crippen molar-refractivity contribution >= 4 is 23.3 Å². The maximum atomic E-state index is 13.7. The molecule has 2 heterocycles. The Balaban J connectivity index is 1.76. The quantitative estimate of drug-likeness (QED) is 0.519. The lowest BCUT2D eigenvalue weighted by Crippen LogP contribution is -2.24. The van der Waals surface area contributed by atoms with Crippen LogP contribution in [-0.2, 0) is 0 Å². The third kappa shape index (κ3) is 2.92. The van der Waals surface area contributed by atoms with E-state index in [0.717, 1.165) is 4.90 Å². The maximum Gasteiger partial charge on any atom is 0.208 e. The molecule has 0 spiro atoms. The van der Waals surface area contributed by atoms with Crippen LogP contribution >= 0.6 is 11.8 Å². The second-order valence-corrected chi connectivity index (χ2v) is 7.80. The van der Waals surface area contributed by atoms with Crippen molar-refractivity contribution < 1.29 is 14.0 Å². The van der Waals surface area contributed by atoms with Crippen LogP contribution in [0.15, 0.2) is 53.4 Å². The number of ketones is 2. The third-order valence-corrected chi connectivity index (χ3v) is 5.87. The van der Waals surface area contributed by atoms with Gasteiger partial charge in [-0.3, -0.25) is 14.7 Å². The van der Waals surface area contributed by atoms with E-state index in [4.69, 9.17) is 0 Å². The molecule has 28 heavy (non-hydrogen) atoms. The van der Waals surface area contributed by atoms with Gasteiger partial charge >= 0.3 is 0 Å². The first-order chi connectivity index (χ1) is 13.5. The van der Waals surface area contributed by atoms with E-state index in [1.165, 1.54) is 23.9 Å². The van der Waals surface area contributed by atoms with E-state index in [0.29, 0.717) is 22.4 Å². The van der Waals surface area contributed by atoms with Crippen LogP contribution in [0.1, 0.15) is 38.6 Å². The molecule has 2 aromatic carbocycles. The van der Waals surface area contributed by atoms with Crippen LogP contribution < -0.4 is 0 Å². The zero-order chi connectivity index (χ0) is 19.8. The summed E-state index contributed by atoms with van der Waals surface area (Å²) in [4.78, 5) is 26.6. The van der Waals surface area contributed by atoms with Gasteiger partial charge in [0.25, 0.3) is 0 Å². The van der Waals surface area contributed by atoms with Gasteiger partial charge in [0.05, 0.1) is 11.8 Å². The van der Waals surface area contributed by atoms with E-state index in [1.807, 2.05) is 13.0 Å². The zero-order valence-electron chi connectivity index (χ0n) is 14.8. The van der Waals surface area contributed by atoms with E-state index in [-0.39, 0.29) is 10.9 Å². The molecule has 1 aliphatic rings. The molecule has 7 heteroatoms. The minimum absolute atomic E-state index is 0.0562. The molecule has 0 amide bonds. The number of nitriles is 1. The lowest BCUT2D eigenvalue weighted by atomic mass is 9.90. The van der Waals surface area contributed by atoms with Crippen molar-refractivity contribution in [2.75, 3.05) is 0 Å². The fourth-order valence-corrected chi connectivity index (χ4v) is 4.49. The van der Waals surface area contributed by atoms with Crippen molar-refractivity contribution in [3.8, 4) is 17.3 Å². The van der Waals surface area contributed by atoms with Crippen LogP contribution in [-0.4, -0.2) is 21.8 Å². The molecule has 0 fully saturated rings. The minimum Gasteiger partial charge on any atom is -0.292 e. The van der Waals surface area contributed by atoms with Gasteiger partial charge in [0.15, 0.2) is 11.7 Å². The van der Waals surface area contributed by atoms with E-state index in [9.17, 15) is 19.2 Å². The molecule has 0 bridgehead atoms. The number of hydrogen-bond acceptors (Lipinski definition) is 5. The summed E-state index contributed by atoms with van der Waals surface area (Å²) >= 11 is 1.48. The number of nitrogens with zero attached hydrogens (tertiary/aromatic N) is 2. The molecule has 0 aliphatic carbocycles. The predicted molar refractivity (Wildman–Crippen MR) is 102 cm³/mol. The second kappa shape index (κ2) is 7.06. The Bertz CT molecular complexity index is 1130. The van der Waals surface area contributed by atoms with Gasteiger partial charge in [-0.1, -0.05) is 30.3 Å². The normalized spacial score (nSPS) is 15.8. The average molecular weight is 391 g/mol. The van der Waals surface area contributed by atoms with E-state index < -0.39 is 23.3 Å². The Morgan fingerprint density at radius 2 is 1.96 bits per heavy atom. The van der Waals surface area contributed by atoms with Crippen LogP contribution in [0.2, 0.25) is 0 Å². The topological polar surface area (TPSA) is 86.6 Å². The summed E-state index contributed by atoms with van der Waals surface area (Å²) in [6, 6.07) is 14.5. The van der Waals surface area contributed by atoms with Crippen molar-refractivity contribution in [1.82, 2.24) is 10.2 Å². The van der Waals surface area contributed by atoms with Gasteiger partial charge in [0, 0.05) is 26.8 Å². The number of rotatable bonds is 4. The molecule has 3 aromatic rings. The number of carbonyl (C=O) groups excluding carboxylic acids is 2. The van der Waals surface area contributed by atoms with Gasteiger partial charge in [-0.2, -0.15) is 10.4 Å². The number of hydrogen-bond donors (Lipinski definition) is 1. The highest BCUT2D eigenvalue weighted by atomic mass is 32.2. The molecule has 1 N–H and O–H groups in total. The van der Waals surface area contributed by atoms with Crippen LogP contribution in [0.4, 0.5) is 4.39 Å². The Labute approximate surface area is 164 Å². The second-order valence-electron chi connectivity index (χ2n) is 6.42. The van der Waals surface area contributed by atoms with Crippen LogP contribution in [0.3, 0.4) is 0 Å². The number of Topliss-reactive ketones (excluding diaryl/α,β-unsaturated/α-hetero) is 2. The Hall–Kier alpha value is -3.24. The number of fused-ring (bicyclic) bond motifs is 3. The van der Waals surface area contributed by atoms with Gasteiger partial charge in [0.1, 0.15) is 11.5 Å². The molecule has 1 aliphatic heterocycles. The highest BCUT2D eigenvalue weighted by Gasteiger charge is 2.36. The third-order valence-electron chi connectivity index (χ3n) is 4.67. The van der Waals surface area contributed by atoms with Gasteiger partial charge in [-0.25, -0.2) is 4.39 Å². The number of halogens is 1. The monoisotopic (exact) mass is 391 g/mol. The molecule has 0 saturated carbocycles. The fourth-order valence-electron chi connectivity index (χ4n) is 3.33. The Morgan fingerprint density at radius 3 is 2.68 bits per heavy atom. The van der Waals surface area contributed by atoms with Crippen molar-refractivity contribution in [2.45, 2.75) is 17.1 Å². The standard InChI is InChI=1S/C21H14FN3O2S/c1-11-17-18(14-9-13(22)7-8-16(14)28-11)24-25-19(17)21(27)15(10-23)20(26)12-5-3-2-4-6-12/h2-9,11,15H,1H3,(H,24,25). The van der Waals surface area contributed by atoms with Crippen LogP contribution in [0, 0.1) is 23.1 Å². The van der Waals surface area contributed by atoms with Gasteiger partial charge < -0.3 is 0 Å². The number of aromatic amines is 1. The number of carbonyl (C=O) groups is 2. The van der Waals surface area contributed by atoms with Crippen LogP contribution in [0.25, 0.3) is 11.3 Å². The molecule has 2 unspecified atom stereocenters. The largest absolute Gasteiger partial charge is 0.292 e. The number of thioether (sulfide) groups is 1. The highest BCUT2D eigenvalue weighted by Crippen LogP contribution is 2.49. The molecule has 5 nitrogen and oxygen atoms in total. The molecule has 138 valence electrons. The summed E-state index contributed by atoms with van der Waals surface area (Å²) in [6.07, 6.45) is 0. The smallest absolute Gasteiger partial charge is 0.208 e. The average Bonchev–Trinajstić information content (AvgIpc) is 3.16. The van der Waals surface area contributed by atoms with Gasteiger partial charge in [-0.15, -0.1) is 11.8 Å². The lowest BCUT2D eigenvalue weighted by Gasteiger charge is -2.22. The highest BCUT2D eigenvalue weighted by molar-refractivity contribution is 7.99. The molecule has 0 saturated heterocycles. The number of nitrogens with one attached hydrogen (secondary N) is 1. The maximum absolute atomic E-state index is 13.7. The summed E-state index contributed by atoms with van der Waals surface area (Å²) < 4.78 is 13.7. The zero-order valence-corrected chi connectivity index (χ0v) is 15.6. The summed E-state index contributed by atoms with van der Waals surface area (Å²) in [5.74, 6) is -3.09. The van der Waals surface area contributed by atoms with Gasteiger partial charge in [0.2, 0.25) is 5.78 Å². The van der Waals surface area contributed by atoms with E-state index in [2.05, 4.69) is 10.2 Å². The summed E-state index contributed by atoms with van der Waals surface area (Å²) in [5, 5.41) is 16.3. The van der Waals surface area contributed by atoms with Gasteiger partial charge in [-0.05, 0) is 25.1 Å². The van der Waals surface area contributed by atoms with Crippen molar-refractivity contribution in [3.63, 3.8) is 0 Å². The number of H-pyrrole nitrogens is 1. The Kier molecular flexibility index (Phi) is 4.57. The minimum atomic E-state index is -1.49. The van der Waals surface area contributed by atoms with E-state index in [1.54, 1.807) is 36.4 Å². The number of benzene rings is 2. The molecule has 1 aromatic heterocycles. The fraction of sp³-hybridized carbons (Fsp3) is 0.143. The van der Waals surface area contributed by atoms with E-state index >= 15 is 0 Å². The van der Waals surface area contributed by atoms with Crippen molar-refractivity contribution in [1.29, 1.82) is 5.26 Å². The summed E-state index contributed by atoms with van der Waals surface area (Å²) in [5.41, 5.74) is 2.11. The molecular weight excluding hydrogens is 377 g/mol. The summed E-state index contributed by atoms with van der Waals surface area (Å²) in [6.45, 7) is 1.91. The molecular formula is C21H14FN3O2S. The first-order valence-corrected chi connectivity index (χ1v) is 9.47. The lowest BCUT2D eigenvalue weighted by molar-refractivity contribution is 0.0842. The van der Waals surface area contributed by atoms with Crippen molar-refractivity contribution in [2.24, 2.45) is 5.92 Å². The molecule has 0 radical (unpaired) electrons. The van der Waals surface area contributed by atoms with Crippen LogP contribution in [0.5, 0.6) is 0 Å². The van der Waals surface area contributed by atoms with Crippen molar-refractivity contribution in [3.05, 3.63) is 71.2 Å². The predicted octanol–water partition coefficient (Wildman–Crippen LogP) is 4.59. The Morgan fingerprint density at radius 1 is 1.21 bits per heavy atom. The molecule has 4 rings (SSSR count). The SMILES string of the molecule is CC1Sc2ccc(F)cc2-c2[nH]nc(C(=O)C(C#N)C(=O)c3ccccc3)c21. The number of aromatic nitrogens is 2. The first-order valence-electron chi connectivity index (χ1n) is 8.59. The molecule has 2 atom stereocenters.